The van der Waals surface area contributed by atoms with Crippen LogP contribution >= 0.6 is 0 Å². The Morgan fingerprint density at radius 3 is 2.48 bits per heavy atom. The molecule has 0 unspecified atom stereocenters. The monoisotopic (exact) mass is 403 g/mol. The number of carbonyl (C=O) groups excluding carboxylic acids is 2. The molecule has 8 heteroatoms. The summed E-state index contributed by atoms with van der Waals surface area (Å²) in [5, 5.41) is 5.63. The van der Waals surface area contributed by atoms with E-state index in [9.17, 15) is 9.59 Å². The molecule has 29 heavy (non-hydrogen) atoms. The highest BCUT2D eigenvalue weighted by Crippen LogP contribution is 2.33. The lowest BCUT2D eigenvalue weighted by Gasteiger charge is -2.34. The molecule has 0 radical (unpaired) electrons. The number of hydrogen-bond acceptors (Lipinski definition) is 6. The predicted octanol–water partition coefficient (Wildman–Crippen LogP) is 1.97. The Kier molecular flexibility index (Phi) is 6.64. The number of carbonyl (C=O) groups is 2. The summed E-state index contributed by atoms with van der Waals surface area (Å²) in [4.78, 5) is 26.9. The molecule has 8 nitrogen and oxygen atoms in total. The van der Waals surface area contributed by atoms with E-state index in [0.29, 0.717) is 43.1 Å². The van der Waals surface area contributed by atoms with Crippen molar-refractivity contribution >= 4 is 12.0 Å². The molecule has 2 amide bonds. The van der Waals surface area contributed by atoms with Crippen molar-refractivity contribution in [3.05, 3.63) is 34.5 Å². The minimum Gasteiger partial charge on any atom is -0.493 e. The van der Waals surface area contributed by atoms with E-state index in [1.54, 1.807) is 21.1 Å². The van der Waals surface area contributed by atoms with Crippen LogP contribution < -0.4 is 20.1 Å². The number of esters is 1. The number of nitrogens with zero attached hydrogens (tertiary/aromatic N) is 1. The summed E-state index contributed by atoms with van der Waals surface area (Å²) in [6.07, 6.45) is 1.46. The summed E-state index contributed by atoms with van der Waals surface area (Å²) >= 11 is 0. The first-order chi connectivity index (χ1) is 14.0. The van der Waals surface area contributed by atoms with E-state index in [2.05, 4.69) is 15.5 Å². The van der Waals surface area contributed by atoms with Crippen LogP contribution in [-0.2, 0) is 22.5 Å². The van der Waals surface area contributed by atoms with E-state index < -0.39 is 0 Å². The molecule has 1 aromatic carbocycles. The second-order valence-electron chi connectivity index (χ2n) is 7.11. The summed E-state index contributed by atoms with van der Waals surface area (Å²) < 4.78 is 16.1. The Labute approximate surface area is 171 Å². The minimum absolute atomic E-state index is 0.288. The Hall–Kier alpha value is -2.74. The van der Waals surface area contributed by atoms with Crippen LogP contribution in [0, 0.1) is 0 Å². The Balaban J connectivity index is 1.85. The van der Waals surface area contributed by atoms with Gasteiger partial charge in [-0.05, 0) is 43.0 Å². The third kappa shape index (κ3) is 4.48. The van der Waals surface area contributed by atoms with Gasteiger partial charge in [-0.15, -0.1) is 0 Å². The lowest BCUT2D eigenvalue weighted by atomic mass is 9.97. The van der Waals surface area contributed by atoms with Crippen LogP contribution in [0.1, 0.15) is 31.4 Å². The van der Waals surface area contributed by atoms with Crippen LogP contribution in [0.5, 0.6) is 11.5 Å². The molecular formula is C21H29N3O5. The van der Waals surface area contributed by atoms with Gasteiger partial charge in [-0.3, -0.25) is 4.90 Å². The molecule has 1 atom stereocenters. The van der Waals surface area contributed by atoms with Crippen molar-refractivity contribution in [2.45, 2.75) is 39.3 Å². The first-order valence-electron chi connectivity index (χ1n) is 9.94. The Bertz CT molecular complexity index is 821. The molecule has 1 aromatic rings. The second-order valence-corrected chi connectivity index (χ2v) is 7.11. The zero-order valence-corrected chi connectivity index (χ0v) is 17.5. The fourth-order valence-corrected chi connectivity index (χ4v) is 3.89. The van der Waals surface area contributed by atoms with Gasteiger partial charge < -0.3 is 24.8 Å². The topological polar surface area (TPSA) is 89.1 Å². The van der Waals surface area contributed by atoms with E-state index in [1.807, 2.05) is 19.1 Å². The first-order valence-corrected chi connectivity index (χ1v) is 9.94. The van der Waals surface area contributed by atoms with Gasteiger partial charge in [0.2, 0.25) is 0 Å². The molecule has 2 aliphatic rings. The zero-order chi connectivity index (χ0) is 21.0. The molecule has 2 heterocycles. The number of benzene rings is 1. The molecule has 0 aromatic heterocycles. The first kappa shape index (κ1) is 21.0. The molecule has 0 saturated carbocycles. The standard InChI is InChI=1S/C21H29N3O5/c1-5-15-19(20(25)29-6-2)16(23-21(26)22-15)12-24-8-7-13-9-17(27-3)18(28-4)10-14(13)11-24/h9-10,15H,5-8,11-12H2,1-4H3,(H2,22,23,26)/t15-/m1/s1. The van der Waals surface area contributed by atoms with E-state index in [0.717, 1.165) is 24.3 Å². The molecule has 2 N–H and O–H groups in total. The van der Waals surface area contributed by atoms with Crippen molar-refractivity contribution in [2.24, 2.45) is 0 Å². The maximum atomic E-state index is 12.6. The summed E-state index contributed by atoms with van der Waals surface area (Å²) in [6.45, 7) is 5.96. The summed E-state index contributed by atoms with van der Waals surface area (Å²) in [7, 11) is 3.25. The lowest BCUT2D eigenvalue weighted by molar-refractivity contribution is -0.139. The second kappa shape index (κ2) is 9.17. The third-order valence-electron chi connectivity index (χ3n) is 5.33. The number of hydrogen-bond donors (Lipinski definition) is 2. The average Bonchev–Trinajstić information content (AvgIpc) is 2.72. The van der Waals surface area contributed by atoms with Gasteiger partial charge in [0, 0.05) is 25.3 Å². The normalized spacial score (nSPS) is 19.2. The SMILES string of the molecule is CCOC(=O)C1=C(CN2CCc3cc(OC)c(OC)cc3C2)NC(=O)N[C@@H]1CC. The van der Waals surface area contributed by atoms with Gasteiger partial charge in [0.25, 0.3) is 0 Å². The van der Waals surface area contributed by atoms with Crippen LogP contribution in [0.2, 0.25) is 0 Å². The summed E-state index contributed by atoms with van der Waals surface area (Å²) in [5.74, 6) is 1.04. The molecule has 158 valence electrons. The van der Waals surface area contributed by atoms with Gasteiger partial charge >= 0.3 is 12.0 Å². The smallest absolute Gasteiger partial charge is 0.337 e. The fourth-order valence-electron chi connectivity index (χ4n) is 3.89. The quantitative estimate of drug-likeness (QED) is 0.677. The molecule has 0 bridgehead atoms. The Morgan fingerprint density at radius 2 is 1.86 bits per heavy atom. The van der Waals surface area contributed by atoms with E-state index >= 15 is 0 Å². The van der Waals surface area contributed by atoms with Crippen LogP contribution in [0.3, 0.4) is 0 Å². The summed E-state index contributed by atoms with van der Waals surface area (Å²) in [5.41, 5.74) is 3.49. The summed E-state index contributed by atoms with van der Waals surface area (Å²) in [6, 6.07) is 3.38. The van der Waals surface area contributed by atoms with Crippen LogP contribution in [-0.4, -0.2) is 56.9 Å². The molecule has 0 fully saturated rings. The highest BCUT2D eigenvalue weighted by atomic mass is 16.5. The van der Waals surface area contributed by atoms with Crippen molar-refractivity contribution < 1.29 is 23.8 Å². The molecule has 2 aliphatic heterocycles. The van der Waals surface area contributed by atoms with Crippen molar-refractivity contribution in [2.75, 3.05) is 33.9 Å². The number of rotatable bonds is 7. The Morgan fingerprint density at radius 1 is 1.17 bits per heavy atom. The lowest BCUT2D eigenvalue weighted by Crippen LogP contribution is -2.52. The number of ether oxygens (including phenoxy) is 3. The molecule has 0 saturated heterocycles. The number of urea groups is 1. The van der Waals surface area contributed by atoms with Gasteiger partial charge in [-0.2, -0.15) is 0 Å². The van der Waals surface area contributed by atoms with E-state index in [-0.39, 0.29) is 18.0 Å². The van der Waals surface area contributed by atoms with Crippen molar-refractivity contribution in [1.82, 2.24) is 15.5 Å². The van der Waals surface area contributed by atoms with Gasteiger partial charge in [-0.25, -0.2) is 9.59 Å². The van der Waals surface area contributed by atoms with Gasteiger partial charge in [-0.1, -0.05) is 6.92 Å². The van der Waals surface area contributed by atoms with Crippen LogP contribution in [0.25, 0.3) is 0 Å². The van der Waals surface area contributed by atoms with Gasteiger partial charge in [0.05, 0.1) is 32.4 Å². The van der Waals surface area contributed by atoms with Crippen molar-refractivity contribution in [3.8, 4) is 11.5 Å². The van der Waals surface area contributed by atoms with E-state index in [1.165, 1.54) is 5.56 Å². The van der Waals surface area contributed by atoms with Crippen molar-refractivity contribution in [3.63, 3.8) is 0 Å². The predicted molar refractivity (Wildman–Crippen MR) is 108 cm³/mol. The molecule has 0 aliphatic carbocycles. The largest absolute Gasteiger partial charge is 0.493 e. The highest BCUT2D eigenvalue weighted by Gasteiger charge is 2.32. The third-order valence-corrected chi connectivity index (χ3v) is 5.33. The number of nitrogens with one attached hydrogen (secondary N) is 2. The maximum Gasteiger partial charge on any atom is 0.337 e. The van der Waals surface area contributed by atoms with Gasteiger partial charge in [0.1, 0.15) is 0 Å². The fraction of sp³-hybridized carbons (Fsp3) is 0.524. The molecular weight excluding hydrogens is 374 g/mol. The number of amides is 2. The average molecular weight is 403 g/mol. The van der Waals surface area contributed by atoms with Crippen LogP contribution in [0.4, 0.5) is 4.79 Å². The minimum atomic E-state index is -0.384. The molecule has 3 rings (SSSR count). The van der Waals surface area contributed by atoms with Gasteiger partial charge in [0.15, 0.2) is 11.5 Å². The van der Waals surface area contributed by atoms with Crippen molar-refractivity contribution in [1.29, 1.82) is 0 Å². The zero-order valence-electron chi connectivity index (χ0n) is 17.5. The number of methoxy groups -OCH3 is 2. The molecule has 0 spiro atoms. The number of fused-ring (bicyclic) bond motifs is 1. The van der Waals surface area contributed by atoms with Crippen LogP contribution in [0.15, 0.2) is 23.4 Å². The highest BCUT2D eigenvalue weighted by molar-refractivity contribution is 5.94. The maximum absolute atomic E-state index is 12.6. The van der Waals surface area contributed by atoms with E-state index in [4.69, 9.17) is 14.2 Å².